The van der Waals surface area contributed by atoms with E-state index in [4.69, 9.17) is 57.0 Å². The zero-order valence-corrected chi connectivity index (χ0v) is 55.4. The fourth-order valence-corrected chi connectivity index (χ4v) is 13.4. The summed E-state index contributed by atoms with van der Waals surface area (Å²) in [4.78, 5) is 106. The Balaban J connectivity index is 0.00000523. The molecule has 93 heavy (non-hydrogen) atoms. The van der Waals surface area contributed by atoms with Gasteiger partial charge in [0.05, 0.1) is 50.2 Å². The molecule has 0 saturated carbocycles. The molecule has 8 N–H and O–H groups in total. The molecule has 0 aromatic heterocycles. The third kappa shape index (κ3) is 16.9. The minimum Gasteiger partial charge on any atom is -0.496 e. The van der Waals surface area contributed by atoms with Gasteiger partial charge < -0.3 is 65.2 Å². The average Bonchev–Trinajstić information content (AvgIpc) is 1.18. The predicted molar refractivity (Wildman–Crippen MR) is 364 cm³/mol. The van der Waals surface area contributed by atoms with Gasteiger partial charge in [0, 0.05) is 47.2 Å². The van der Waals surface area contributed by atoms with E-state index >= 15 is 24.0 Å². The molecule has 504 valence electrons. The van der Waals surface area contributed by atoms with Crippen molar-refractivity contribution >= 4 is 79.7 Å². The number of ether oxygens (including phenoxy) is 5. The number of amides is 5. The third-order valence-corrected chi connectivity index (χ3v) is 22.5. The van der Waals surface area contributed by atoms with E-state index in [-0.39, 0.29) is 106 Å². The summed E-state index contributed by atoms with van der Waals surface area (Å²) in [5.41, 5.74) is 8.20. The van der Waals surface area contributed by atoms with E-state index in [1.807, 2.05) is 54.6 Å². The first-order valence-corrected chi connectivity index (χ1v) is 33.7. The van der Waals surface area contributed by atoms with Gasteiger partial charge in [-0.2, -0.15) is 0 Å². The van der Waals surface area contributed by atoms with Crippen LogP contribution in [0.5, 0.6) is 40.2 Å². The number of hydrogen-bond donors (Lipinski definition) is 7. The minimum absolute atomic E-state index is 0. The molecule has 20 nitrogen and oxygen atoms in total. The number of hydrogen-bond acceptors (Lipinski definition) is 15. The van der Waals surface area contributed by atoms with Gasteiger partial charge in [-0.25, -0.2) is 0 Å². The van der Waals surface area contributed by atoms with Gasteiger partial charge in [-0.3, -0.25) is 33.6 Å². The number of rotatable bonds is 13. The van der Waals surface area contributed by atoms with Crippen molar-refractivity contribution < 1.29 is 71.7 Å². The monoisotopic (exact) mass is 1340 g/mol. The lowest BCUT2D eigenvalue weighted by Crippen LogP contribution is -2.53. The number of nitrogens with one attached hydrogen (secondary N) is 4. The van der Waals surface area contributed by atoms with E-state index in [1.165, 1.54) is 39.5 Å². The molecule has 4 heterocycles. The third-order valence-electron chi connectivity index (χ3n) is 17.5. The Morgan fingerprint density at radius 3 is 2.01 bits per heavy atom. The van der Waals surface area contributed by atoms with Gasteiger partial charge in [-0.05, 0) is 138 Å². The molecule has 9 rings (SSSR count). The first-order valence-electron chi connectivity index (χ1n) is 30.0. The second kappa shape index (κ2) is 31.2. The lowest BCUT2D eigenvalue weighted by molar-refractivity contribution is -0.137. The number of methoxy groups -OCH3 is 3. The summed E-state index contributed by atoms with van der Waals surface area (Å²) in [6, 6.07) is 15.5. The van der Waals surface area contributed by atoms with Crippen molar-refractivity contribution in [1.82, 2.24) is 21.3 Å². The number of halogens is 2. The zero-order chi connectivity index (χ0) is 66.0. The van der Waals surface area contributed by atoms with Crippen molar-refractivity contribution in [1.29, 1.82) is 0 Å². The van der Waals surface area contributed by atoms with Gasteiger partial charge in [-0.1, -0.05) is 112 Å². The van der Waals surface area contributed by atoms with Crippen LogP contribution in [0, 0.1) is 24.7 Å². The molecule has 0 radical (unpaired) electrons. The maximum atomic E-state index is 16.1. The van der Waals surface area contributed by atoms with E-state index in [0.717, 1.165) is 0 Å². The van der Waals surface area contributed by atoms with Crippen LogP contribution in [-0.4, -0.2) is 100.0 Å². The smallest absolute Gasteiger partial charge is 0.480 e. The second-order valence-electron chi connectivity index (χ2n) is 25.5. The fourth-order valence-electron chi connectivity index (χ4n) is 11.7. The average molecular weight is 1340 g/mol. The number of fused-ring (bicyclic) bond motifs is 19. The van der Waals surface area contributed by atoms with Crippen molar-refractivity contribution in [2.75, 3.05) is 21.3 Å². The molecule has 0 saturated heterocycles. The van der Waals surface area contributed by atoms with Gasteiger partial charge in [-0.15, -0.1) is 0 Å². The topological polar surface area (TPSA) is 289 Å². The van der Waals surface area contributed by atoms with Gasteiger partial charge in [0.1, 0.15) is 41.1 Å². The first-order chi connectivity index (χ1) is 42.4. The number of Topliss-reactive ketones (excluding diaryl/α,β-unsaturated/α-hetero) is 2. The van der Waals surface area contributed by atoms with Crippen molar-refractivity contribution in [2.45, 2.75) is 170 Å². The highest BCUT2D eigenvalue weighted by Crippen LogP contribution is 2.49. The summed E-state index contributed by atoms with van der Waals surface area (Å²) in [6.45, 7) is 19.3. The van der Waals surface area contributed by atoms with Gasteiger partial charge in [0.25, 0.3) is 0 Å². The summed E-state index contributed by atoms with van der Waals surface area (Å²) in [7, 11) is -0.954. The predicted octanol–water partition coefficient (Wildman–Crippen LogP) is 12.3. The first kappa shape index (κ1) is 76.2. The molecule has 11 bridgehead atoms. The van der Waals surface area contributed by atoms with Crippen LogP contribution in [-0.2, 0) is 38.0 Å². The highest BCUT2D eigenvalue weighted by atomic mass is 35.5. The van der Waals surface area contributed by atoms with Gasteiger partial charge >= 0.3 is 7.12 Å². The molecule has 0 fully saturated rings. The summed E-state index contributed by atoms with van der Waals surface area (Å²) < 4.78 is 38.5. The largest absolute Gasteiger partial charge is 0.496 e. The molecule has 0 spiro atoms. The molecular weight excluding hydrogens is 1250 g/mol. The second-order valence-corrected chi connectivity index (χ2v) is 31.1. The van der Waals surface area contributed by atoms with E-state index in [2.05, 4.69) is 21.3 Å². The van der Waals surface area contributed by atoms with Crippen LogP contribution >= 0.6 is 23.2 Å². The molecule has 0 aliphatic carbocycles. The number of ketones is 2. The molecule has 4 aliphatic rings. The van der Waals surface area contributed by atoms with Crippen LogP contribution in [0.15, 0.2) is 78.9 Å². The van der Waals surface area contributed by atoms with Crippen LogP contribution in [0.1, 0.15) is 166 Å². The van der Waals surface area contributed by atoms with Crippen LogP contribution in [0.2, 0.25) is 28.2 Å². The summed E-state index contributed by atoms with van der Waals surface area (Å²) >= 11 is 14.2. The number of carbonyl (C=O) groups is 7. The Hall–Kier alpha value is -7.47. The Labute approximate surface area is 558 Å². The van der Waals surface area contributed by atoms with Gasteiger partial charge in [0.15, 0.2) is 31.4 Å². The molecule has 5 amide bonds. The number of primary amides is 1. The Kier molecular flexibility index (Phi) is 25.6. The Morgan fingerprint density at radius 1 is 0.763 bits per heavy atom. The van der Waals surface area contributed by atoms with Crippen molar-refractivity contribution in [3.63, 3.8) is 0 Å². The van der Waals surface area contributed by atoms with E-state index in [9.17, 15) is 19.6 Å². The van der Waals surface area contributed by atoms with Crippen LogP contribution in [0.3, 0.4) is 0 Å². The van der Waals surface area contributed by atoms with E-state index in [0.29, 0.717) is 29.5 Å². The molecular formula is C69H92BCl2N5O15Si. The highest BCUT2D eigenvalue weighted by molar-refractivity contribution is 6.74. The molecule has 4 aliphatic heterocycles. The molecule has 5 aromatic rings. The SMILES string of the molecule is C.C.C.CC[C@@H](CC(C)C)C(=O)N[C@H]1C(=O)C[C@@H](CC(N)=O)C(=O)N[C@H]2C(=O)C[C@H]3C(=O)N[C@H](C(=O)N[C@@H](B(O)O)c4cc(C)cc(OC)c4-c4cc3ccc4OC)[C@H](C)c3cc(Cl)cc(c3)Oc3cc2cc(c3OC)Oc2ccc(cc2Cl)[C@H]1O[Si](C)(C)C(C)(C)C. The quantitative estimate of drug-likeness (QED) is 0.0539. The number of carbonyl (C=O) groups excluding carboxylic acids is 7. The van der Waals surface area contributed by atoms with E-state index < -0.39 is 135 Å². The van der Waals surface area contributed by atoms with Gasteiger partial charge in [0.2, 0.25) is 35.3 Å². The minimum atomic E-state index is -2.91. The van der Waals surface area contributed by atoms with E-state index in [1.54, 1.807) is 74.5 Å². The van der Waals surface area contributed by atoms with Crippen LogP contribution in [0.4, 0.5) is 0 Å². The number of nitrogens with two attached hydrogens (primary N) is 1. The normalized spacial score (nSPS) is 21.1. The molecule has 5 aromatic carbocycles. The summed E-state index contributed by atoms with van der Waals surface area (Å²) in [5, 5.41) is 33.7. The fraction of sp³-hybridized carbons (Fsp3) is 0.464. The summed E-state index contributed by atoms with van der Waals surface area (Å²) in [5.74, 6) is -11.4. The van der Waals surface area contributed by atoms with Crippen molar-refractivity contribution in [3.05, 3.63) is 122 Å². The maximum Gasteiger partial charge on any atom is 0.480 e. The molecule has 24 heteroatoms. The Morgan fingerprint density at radius 2 is 1.42 bits per heavy atom. The zero-order valence-electron chi connectivity index (χ0n) is 52.9. The molecule has 9 atom stereocenters. The number of benzene rings is 5. The highest BCUT2D eigenvalue weighted by Gasteiger charge is 2.46. The van der Waals surface area contributed by atoms with Crippen molar-refractivity contribution in [2.24, 2.45) is 23.5 Å². The maximum absolute atomic E-state index is 16.1. The number of aryl methyl sites for hydroxylation is 1. The Bertz CT molecular complexity index is 3620. The van der Waals surface area contributed by atoms with Crippen LogP contribution < -0.4 is 50.7 Å². The summed E-state index contributed by atoms with van der Waals surface area (Å²) in [6.07, 6.45) is -2.43. The lowest BCUT2D eigenvalue weighted by atomic mass is 9.71. The lowest BCUT2D eigenvalue weighted by Gasteiger charge is -2.42. The van der Waals surface area contributed by atoms with Crippen LogP contribution in [0.25, 0.3) is 11.1 Å². The van der Waals surface area contributed by atoms with Crippen molar-refractivity contribution in [3.8, 4) is 51.4 Å². The standard InChI is InChI=1S/C66H80BCl2N5O15Si.3CH4/c1-14-35(19-32(2)3)62(78)73-58-47(75)26-40(29-54(70)77)63(79)72-57-39-27-52(60(86-11)53(28-39)88-50-18-16-37(25-46(50)69)59(58)89-90(12,13)66(6,7)8)87-42-23-38(22-41(68)30-42)34(5)56-65(81)74-61(67(82)83)45-20-33(4)21-51(85-10)55(45)44-24-36(15-17-49(44)84-9)43(31-48(57)76)64(80)71-56;;;/h15-18,20-25,27-28,30,32,34-35,40,43,56-59,61,82-83H,14,19,26,29,31H2,1-13H3,(H2,70,77)(H,71,80)(H,72,79)(H,73,78)(H,74,81);3*1H4/t34-,35+,40+,43-,56+,57-,58+,59-,61-;;;/m1.../s1. The molecule has 0 unspecified atom stereocenters.